The van der Waals surface area contributed by atoms with Crippen molar-refractivity contribution in [2.45, 2.75) is 58.7 Å². The third kappa shape index (κ3) is 8.34. The molecule has 2 aliphatic heterocycles. The number of piperidine rings is 2. The number of nitrogens with one attached hydrogen (secondary N) is 1. The molecule has 0 bridgehead atoms. The smallest absolute Gasteiger partial charge is 0.410 e. The molecule has 1 atom stereocenters. The SMILES string of the molecule is CC(C)(C)OC(=O)NCC1CCCN(CC2CCN(C(=O)OCc3ccccc3)CC2)C1. The Morgan fingerprint density at radius 3 is 2.44 bits per heavy atom. The fraction of sp³-hybridized carbons (Fsp3) is 0.680. The van der Waals surface area contributed by atoms with Crippen LogP contribution in [-0.2, 0) is 16.1 Å². The van der Waals surface area contributed by atoms with Gasteiger partial charge in [-0.2, -0.15) is 0 Å². The minimum Gasteiger partial charge on any atom is -0.445 e. The Balaban J connectivity index is 1.33. The van der Waals surface area contributed by atoms with Crippen molar-refractivity contribution in [3.8, 4) is 0 Å². The van der Waals surface area contributed by atoms with Crippen molar-refractivity contribution in [1.82, 2.24) is 15.1 Å². The quantitative estimate of drug-likeness (QED) is 0.708. The average molecular weight is 446 g/mol. The topological polar surface area (TPSA) is 71.1 Å². The minimum atomic E-state index is -0.467. The van der Waals surface area contributed by atoms with E-state index in [0.29, 0.717) is 25.0 Å². The molecule has 0 aromatic heterocycles. The first-order chi connectivity index (χ1) is 15.3. The van der Waals surface area contributed by atoms with Gasteiger partial charge in [-0.05, 0) is 70.4 Å². The second-order valence-electron chi connectivity index (χ2n) is 10.1. The highest BCUT2D eigenvalue weighted by molar-refractivity contribution is 5.68. The first-order valence-corrected chi connectivity index (χ1v) is 11.9. The average Bonchev–Trinajstić information content (AvgIpc) is 2.76. The van der Waals surface area contributed by atoms with Crippen molar-refractivity contribution in [2.24, 2.45) is 11.8 Å². The van der Waals surface area contributed by atoms with Gasteiger partial charge >= 0.3 is 12.2 Å². The Morgan fingerprint density at radius 1 is 1.03 bits per heavy atom. The second kappa shape index (κ2) is 11.5. The van der Waals surface area contributed by atoms with Crippen LogP contribution in [-0.4, -0.2) is 66.9 Å². The van der Waals surface area contributed by atoms with Crippen molar-refractivity contribution < 1.29 is 19.1 Å². The van der Waals surface area contributed by atoms with Gasteiger partial charge in [0.05, 0.1) is 0 Å². The number of amides is 2. The van der Waals surface area contributed by atoms with Crippen molar-refractivity contribution in [3.63, 3.8) is 0 Å². The number of ether oxygens (including phenoxy) is 2. The molecule has 1 unspecified atom stereocenters. The Morgan fingerprint density at radius 2 is 1.75 bits per heavy atom. The molecule has 3 rings (SSSR count). The van der Waals surface area contributed by atoms with Crippen LogP contribution >= 0.6 is 0 Å². The molecule has 2 aliphatic rings. The van der Waals surface area contributed by atoms with Gasteiger partial charge in [0.1, 0.15) is 12.2 Å². The minimum absolute atomic E-state index is 0.210. The number of benzene rings is 1. The molecule has 2 fully saturated rings. The molecule has 178 valence electrons. The zero-order chi connectivity index (χ0) is 23.0. The molecule has 1 N–H and O–H groups in total. The highest BCUT2D eigenvalue weighted by Crippen LogP contribution is 2.23. The Labute approximate surface area is 192 Å². The van der Waals surface area contributed by atoms with Crippen molar-refractivity contribution in [2.75, 3.05) is 39.3 Å². The van der Waals surface area contributed by atoms with E-state index in [4.69, 9.17) is 9.47 Å². The first-order valence-electron chi connectivity index (χ1n) is 11.9. The summed E-state index contributed by atoms with van der Waals surface area (Å²) in [6, 6.07) is 9.79. The summed E-state index contributed by atoms with van der Waals surface area (Å²) in [6.45, 7) is 11.3. The fourth-order valence-corrected chi connectivity index (χ4v) is 4.50. The zero-order valence-electron chi connectivity index (χ0n) is 19.8. The number of carbonyl (C=O) groups is 2. The van der Waals surface area contributed by atoms with Crippen LogP contribution in [0, 0.1) is 11.8 Å². The highest BCUT2D eigenvalue weighted by Gasteiger charge is 2.28. The van der Waals surface area contributed by atoms with E-state index in [1.165, 1.54) is 0 Å². The molecule has 1 aromatic carbocycles. The van der Waals surface area contributed by atoms with Crippen LogP contribution < -0.4 is 5.32 Å². The van der Waals surface area contributed by atoms with Gasteiger partial charge in [0.15, 0.2) is 0 Å². The van der Waals surface area contributed by atoms with Gasteiger partial charge in [0.25, 0.3) is 0 Å². The van der Waals surface area contributed by atoms with Crippen LogP contribution in [0.2, 0.25) is 0 Å². The molecule has 32 heavy (non-hydrogen) atoms. The third-order valence-electron chi connectivity index (χ3n) is 6.13. The zero-order valence-corrected chi connectivity index (χ0v) is 19.8. The van der Waals surface area contributed by atoms with Crippen LogP contribution in [0.3, 0.4) is 0 Å². The van der Waals surface area contributed by atoms with E-state index in [9.17, 15) is 9.59 Å². The highest BCUT2D eigenvalue weighted by atomic mass is 16.6. The number of hydrogen-bond acceptors (Lipinski definition) is 5. The molecular formula is C25H39N3O4. The first kappa shape index (κ1) is 24.4. The predicted octanol–water partition coefficient (Wildman–Crippen LogP) is 4.27. The van der Waals surface area contributed by atoms with Crippen molar-refractivity contribution in [3.05, 3.63) is 35.9 Å². The second-order valence-corrected chi connectivity index (χ2v) is 10.1. The molecule has 7 nitrogen and oxygen atoms in total. The molecule has 0 aliphatic carbocycles. The van der Waals surface area contributed by atoms with Gasteiger partial charge < -0.3 is 24.6 Å². The molecule has 2 saturated heterocycles. The van der Waals surface area contributed by atoms with Crippen LogP contribution in [0.5, 0.6) is 0 Å². The normalized spacial score (nSPS) is 20.6. The van der Waals surface area contributed by atoms with E-state index in [0.717, 1.165) is 64.0 Å². The Bertz CT molecular complexity index is 726. The summed E-state index contributed by atoms with van der Waals surface area (Å²) in [6.07, 6.45) is 3.78. The lowest BCUT2D eigenvalue weighted by Gasteiger charge is -2.38. The molecular weight excluding hydrogens is 406 g/mol. The summed E-state index contributed by atoms with van der Waals surface area (Å²) >= 11 is 0. The summed E-state index contributed by atoms with van der Waals surface area (Å²) < 4.78 is 10.8. The molecule has 2 heterocycles. The number of nitrogens with zero attached hydrogens (tertiary/aromatic N) is 2. The molecule has 1 aromatic rings. The van der Waals surface area contributed by atoms with Gasteiger partial charge in [-0.1, -0.05) is 30.3 Å². The maximum atomic E-state index is 12.4. The number of likely N-dealkylation sites (tertiary alicyclic amines) is 2. The summed E-state index contributed by atoms with van der Waals surface area (Å²) in [4.78, 5) is 28.7. The van der Waals surface area contributed by atoms with Crippen molar-refractivity contribution >= 4 is 12.2 Å². The van der Waals surface area contributed by atoms with Crippen LogP contribution in [0.4, 0.5) is 9.59 Å². The van der Waals surface area contributed by atoms with E-state index in [1.54, 1.807) is 0 Å². The molecule has 0 saturated carbocycles. The van der Waals surface area contributed by atoms with E-state index in [-0.39, 0.29) is 12.2 Å². The lowest BCUT2D eigenvalue weighted by molar-refractivity contribution is 0.0497. The van der Waals surface area contributed by atoms with Gasteiger partial charge in [-0.25, -0.2) is 9.59 Å². The van der Waals surface area contributed by atoms with Gasteiger partial charge in [-0.15, -0.1) is 0 Å². The number of alkyl carbamates (subject to hydrolysis) is 1. The molecule has 2 amide bonds. The number of rotatable bonds is 6. The third-order valence-corrected chi connectivity index (χ3v) is 6.13. The van der Waals surface area contributed by atoms with Gasteiger partial charge in [-0.3, -0.25) is 0 Å². The number of hydrogen-bond donors (Lipinski definition) is 1. The summed E-state index contributed by atoms with van der Waals surface area (Å²) in [5, 5.41) is 2.93. The van der Waals surface area contributed by atoms with Gasteiger partial charge in [0.2, 0.25) is 0 Å². The summed E-state index contributed by atoms with van der Waals surface area (Å²) in [7, 11) is 0. The van der Waals surface area contributed by atoms with Gasteiger partial charge in [0, 0.05) is 32.7 Å². The predicted molar refractivity (Wildman–Crippen MR) is 124 cm³/mol. The van der Waals surface area contributed by atoms with E-state index in [2.05, 4.69) is 10.2 Å². The standard InChI is InChI=1S/C25H39N3O4/c1-25(2,3)32-23(29)26-16-22-10-7-13-27(18-22)17-20-11-14-28(15-12-20)24(30)31-19-21-8-5-4-6-9-21/h4-6,8-9,20,22H,7,10-19H2,1-3H3,(H,26,29). The molecule has 7 heteroatoms. The fourth-order valence-electron chi connectivity index (χ4n) is 4.50. The monoisotopic (exact) mass is 445 g/mol. The summed E-state index contributed by atoms with van der Waals surface area (Å²) in [5.41, 5.74) is 0.544. The maximum absolute atomic E-state index is 12.4. The lowest BCUT2D eigenvalue weighted by atomic mass is 9.93. The van der Waals surface area contributed by atoms with Crippen LogP contribution in [0.15, 0.2) is 30.3 Å². The lowest BCUT2D eigenvalue weighted by Crippen LogP contribution is -2.46. The summed E-state index contributed by atoms with van der Waals surface area (Å²) in [5.74, 6) is 1.06. The molecule has 0 radical (unpaired) electrons. The van der Waals surface area contributed by atoms with Crippen LogP contribution in [0.1, 0.15) is 52.0 Å². The van der Waals surface area contributed by atoms with Crippen LogP contribution in [0.25, 0.3) is 0 Å². The molecule has 0 spiro atoms. The number of carbonyl (C=O) groups excluding carboxylic acids is 2. The van der Waals surface area contributed by atoms with E-state index < -0.39 is 5.60 Å². The van der Waals surface area contributed by atoms with Crippen molar-refractivity contribution in [1.29, 1.82) is 0 Å². The Hall–Kier alpha value is -2.28. The van der Waals surface area contributed by atoms with E-state index in [1.807, 2.05) is 56.0 Å². The Kier molecular flexibility index (Phi) is 8.79. The largest absolute Gasteiger partial charge is 0.445 e. The van der Waals surface area contributed by atoms with E-state index >= 15 is 0 Å². The maximum Gasteiger partial charge on any atom is 0.410 e.